The topological polar surface area (TPSA) is 49.2 Å². The Labute approximate surface area is 117 Å². The van der Waals surface area contributed by atoms with Crippen LogP contribution in [0.3, 0.4) is 0 Å². The zero-order valence-corrected chi connectivity index (χ0v) is 11.3. The molecule has 3 rings (SSSR count). The lowest BCUT2D eigenvalue weighted by molar-refractivity contribution is 0.145. The standard InChI is InChI=1S/C14H16ClN3O/c15-9-13-16-12-4-2-1-3-11(12)14(17-13)18-7-5-10(19)6-8-18/h1-4,10,19H,5-9H2. The molecule has 0 radical (unpaired) electrons. The molecule has 1 N–H and O–H groups in total. The molecule has 0 unspecified atom stereocenters. The Morgan fingerprint density at radius 3 is 2.68 bits per heavy atom. The number of halogens is 1. The summed E-state index contributed by atoms with van der Waals surface area (Å²) in [5, 5.41) is 10.7. The summed E-state index contributed by atoms with van der Waals surface area (Å²) in [6.07, 6.45) is 1.39. The van der Waals surface area contributed by atoms with Crippen LogP contribution >= 0.6 is 11.6 Å². The van der Waals surface area contributed by atoms with Gasteiger partial charge in [0, 0.05) is 18.5 Å². The highest BCUT2D eigenvalue weighted by Gasteiger charge is 2.20. The van der Waals surface area contributed by atoms with Crippen molar-refractivity contribution in [2.75, 3.05) is 18.0 Å². The van der Waals surface area contributed by atoms with Gasteiger partial charge in [-0.1, -0.05) is 12.1 Å². The SMILES string of the molecule is OC1CCN(c2nc(CCl)nc3ccccc23)CC1. The highest BCUT2D eigenvalue weighted by atomic mass is 35.5. The molecule has 5 heteroatoms. The monoisotopic (exact) mass is 277 g/mol. The van der Waals surface area contributed by atoms with E-state index in [0.29, 0.717) is 11.7 Å². The van der Waals surface area contributed by atoms with Gasteiger partial charge < -0.3 is 10.0 Å². The number of alkyl halides is 1. The number of hydrogen-bond donors (Lipinski definition) is 1. The molecule has 0 bridgehead atoms. The van der Waals surface area contributed by atoms with Crippen molar-refractivity contribution in [2.45, 2.75) is 24.8 Å². The number of fused-ring (bicyclic) bond motifs is 1. The molecule has 19 heavy (non-hydrogen) atoms. The minimum absolute atomic E-state index is 0.183. The first-order valence-electron chi connectivity index (χ1n) is 6.52. The molecule has 0 spiro atoms. The Bertz CT molecular complexity index is 582. The lowest BCUT2D eigenvalue weighted by Crippen LogP contribution is -2.36. The van der Waals surface area contributed by atoms with Crippen molar-refractivity contribution >= 4 is 28.3 Å². The molecule has 1 aliphatic rings. The minimum atomic E-state index is -0.183. The first-order chi connectivity index (χ1) is 9.28. The fourth-order valence-corrected chi connectivity index (χ4v) is 2.60. The van der Waals surface area contributed by atoms with Crippen molar-refractivity contribution < 1.29 is 5.11 Å². The molecule has 0 saturated carbocycles. The summed E-state index contributed by atoms with van der Waals surface area (Å²) in [5.74, 6) is 1.91. The maximum absolute atomic E-state index is 9.61. The third-order valence-corrected chi connectivity index (χ3v) is 3.75. The molecule has 1 fully saturated rings. The molecule has 4 nitrogen and oxygen atoms in total. The van der Waals surface area contributed by atoms with E-state index in [1.54, 1.807) is 0 Å². The zero-order chi connectivity index (χ0) is 13.2. The van der Waals surface area contributed by atoms with E-state index in [0.717, 1.165) is 42.7 Å². The first kappa shape index (κ1) is 12.6. The molecular formula is C14H16ClN3O. The Morgan fingerprint density at radius 1 is 1.21 bits per heavy atom. The molecule has 1 aromatic heterocycles. The molecule has 100 valence electrons. The van der Waals surface area contributed by atoms with Crippen LogP contribution in [0.15, 0.2) is 24.3 Å². The van der Waals surface area contributed by atoms with Gasteiger partial charge in [0.15, 0.2) is 0 Å². The fourth-order valence-electron chi connectivity index (χ4n) is 2.49. The molecule has 2 heterocycles. The van der Waals surface area contributed by atoms with Crippen LogP contribution in [0.25, 0.3) is 10.9 Å². The molecule has 1 aromatic carbocycles. The summed E-state index contributed by atoms with van der Waals surface area (Å²) >= 11 is 5.88. The number of benzene rings is 1. The number of aliphatic hydroxyl groups excluding tert-OH is 1. The number of aliphatic hydroxyl groups is 1. The van der Waals surface area contributed by atoms with E-state index in [4.69, 9.17) is 11.6 Å². The third-order valence-electron chi connectivity index (χ3n) is 3.51. The normalized spacial score (nSPS) is 17.1. The van der Waals surface area contributed by atoms with E-state index in [-0.39, 0.29) is 6.10 Å². The van der Waals surface area contributed by atoms with Crippen LogP contribution in [0.1, 0.15) is 18.7 Å². The smallest absolute Gasteiger partial charge is 0.146 e. The van der Waals surface area contributed by atoms with E-state index < -0.39 is 0 Å². The number of nitrogens with zero attached hydrogens (tertiary/aromatic N) is 3. The maximum atomic E-state index is 9.61. The number of anilines is 1. The van der Waals surface area contributed by atoms with Crippen LogP contribution in [0.2, 0.25) is 0 Å². The van der Waals surface area contributed by atoms with Crippen LogP contribution in [-0.4, -0.2) is 34.3 Å². The first-order valence-corrected chi connectivity index (χ1v) is 7.06. The fraction of sp³-hybridized carbons (Fsp3) is 0.429. The molecule has 1 saturated heterocycles. The second-order valence-corrected chi connectivity index (χ2v) is 5.10. The van der Waals surface area contributed by atoms with Gasteiger partial charge in [0.05, 0.1) is 17.5 Å². The molecule has 0 amide bonds. The lowest BCUT2D eigenvalue weighted by atomic mass is 10.1. The minimum Gasteiger partial charge on any atom is -0.393 e. The Hall–Kier alpha value is -1.39. The van der Waals surface area contributed by atoms with Crippen LogP contribution in [0.4, 0.5) is 5.82 Å². The van der Waals surface area contributed by atoms with Gasteiger partial charge in [-0.2, -0.15) is 0 Å². The van der Waals surface area contributed by atoms with Gasteiger partial charge >= 0.3 is 0 Å². The van der Waals surface area contributed by atoms with Gasteiger partial charge in [-0.15, -0.1) is 11.6 Å². The molecule has 0 aliphatic carbocycles. The second-order valence-electron chi connectivity index (χ2n) is 4.83. The maximum Gasteiger partial charge on any atom is 0.146 e. The van der Waals surface area contributed by atoms with Gasteiger partial charge in [-0.3, -0.25) is 0 Å². The third kappa shape index (κ3) is 2.51. The van der Waals surface area contributed by atoms with Crippen LogP contribution < -0.4 is 4.90 Å². The van der Waals surface area contributed by atoms with Crippen LogP contribution in [-0.2, 0) is 5.88 Å². The van der Waals surface area contributed by atoms with E-state index >= 15 is 0 Å². The van der Waals surface area contributed by atoms with Crippen molar-refractivity contribution in [3.8, 4) is 0 Å². The zero-order valence-electron chi connectivity index (χ0n) is 10.6. The van der Waals surface area contributed by atoms with E-state index in [1.165, 1.54) is 0 Å². The number of aromatic nitrogens is 2. The van der Waals surface area contributed by atoms with Gasteiger partial charge in [0.25, 0.3) is 0 Å². The van der Waals surface area contributed by atoms with Crippen molar-refractivity contribution in [1.82, 2.24) is 9.97 Å². The molecule has 2 aromatic rings. The number of piperidine rings is 1. The van der Waals surface area contributed by atoms with Crippen molar-refractivity contribution in [1.29, 1.82) is 0 Å². The van der Waals surface area contributed by atoms with Crippen LogP contribution in [0.5, 0.6) is 0 Å². The van der Waals surface area contributed by atoms with Crippen molar-refractivity contribution in [3.63, 3.8) is 0 Å². The summed E-state index contributed by atoms with van der Waals surface area (Å²) in [7, 11) is 0. The Balaban J connectivity index is 2.05. The van der Waals surface area contributed by atoms with Crippen molar-refractivity contribution in [2.24, 2.45) is 0 Å². The van der Waals surface area contributed by atoms with Crippen molar-refractivity contribution in [3.05, 3.63) is 30.1 Å². The quantitative estimate of drug-likeness (QED) is 0.856. The van der Waals surface area contributed by atoms with Gasteiger partial charge in [-0.25, -0.2) is 9.97 Å². The summed E-state index contributed by atoms with van der Waals surface area (Å²) in [6.45, 7) is 1.65. The average molecular weight is 278 g/mol. The summed E-state index contributed by atoms with van der Waals surface area (Å²) in [4.78, 5) is 11.2. The number of hydrogen-bond acceptors (Lipinski definition) is 4. The number of para-hydroxylation sites is 1. The van der Waals surface area contributed by atoms with Crippen LogP contribution in [0, 0.1) is 0 Å². The summed E-state index contributed by atoms with van der Waals surface area (Å²) in [6, 6.07) is 7.98. The highest BCUT2D eigenvalue weighted by Crippen LogP contribution is 2.26. The lowest BCUT2D eigenvalue weighted by Gasteiger charge is -2.31. The Kier molecular flexibility index (Phi) is 3.53. The Morgan fingerprint density at radius 2 is 1.95 bits per heavy atom. The average Bonchev–Trinajstić information content (AvgIpc) is 2.47. The molecular weight excluding hydrogens is 262 g/mol. The predicted molar refractivity (Wildman–Crippen MR) is 76.5 cm³/mol. The largest absolute Gasteiger partial charge is 0.393 e. The second kappa shape index (κ2) is 5.31. The van der Waals surface area contributed by atoms with E-state index in [2.05, 4.69) is 14.9 Å². The molecule has 1 aliphatic heterocycles. The van der Waals surface area contributed by atoms with Gasteiger partial charge in [0.1, 0.15) is 11.6 Å². The van der Waals surface area contributed by atoms with Gasteiger partial charge in [0.2, 0.25) is 0 Å². The summed E-state index contributed by atoms with van der Waals surface area (Å²) in [5.41, 5.74) is 0.925. The number of rotatable bonds is 2. The van der Waals surface area contributed by atoms with E-state index in [9.17, 15) is 5.11 Å². The summed E-state index contributed by atoms with van der Waals surface area (Å²) < 4.78 is 0. The van der Waals surface area contributed by atoms with Gasteiger partial charge in [-0.05, 0) is 25.0 Å². The predicted octanol–water partition coefficient (Wildman–Crippen LogP) is 2.33. The van der Waals surface area contributed by atoms with E-state index in [1.807, 2.05) is 24.3 Å². The highest BCUT2D eigenvalue weighted by molar-refractivity contribution is 6.16. The molecule has 0 atom stereocenters.